The minimum Gasteiger partial charge on any atom is -0.481 e. The van der Waals surface area contributed by atoms with Crippen molar-refractivity contribution >= 4 is 5.97 Å². The molecule has 3 unspecified atom stereocenters. The summed E-state index contributed by atoms with van der Waals surface area (Å²) < 4.78 is 0. The van der Waals surface area contributed by atoms with Gasteiger partial charge in [-0.05, 0) is 30.2 Å². The lowest BCUT2D eigenvalue weighted by Gasteiger charge is -2.22. The van der Waals surface area contributed by atoms with E-state index in [2.05, 4.69) is 4.90 Å². The van der Waals surface area contributed by atoms with Crippen molar-refractivity contribution in [3.8, 4) is 0 Å². The van der Waals surface area contributed by atoms with Gasteiger partial charge in [0.25, 0.3) is 0 Å². The lowest BCUT2D eigenvalue weighted by Crippen LogP contribution is -2.31. The van der Waals surface area contributed by atoms with Gasteiger partial charge in [-0.2, -0.15) is 0 Å². The molecule has 0 spiro atoms. The Morgan fingerprint density at radius 3 is 2.42 bits per heavy atom. The van der Waals surface area contributed by atoms with E-state index in [4.69, 9.17) is 0 Å². The molecule has 2 fully saturated rings. The van der Waals surface area contributed by atoms with Crippen molar-refractivity contribution in [2.24, 2.45) is 11.8 Å². The Morgan fingerprint density at radius 2 is 1.84 bits per heavy atom. The minimum absolute atomic E-state index is 0.389. The van der Waals surface area contributed by atoms with Gasteiger partial charge < -0.3 is 10.0 Å². The number of carboxylic acids is 1. The summed E-state index contributed by atoms with van der Waals surface area (Å²) in [6, 6.07) is 9.63. The molecule has 1 aliphatic heterocycles. The smallest absolute Gasteiger partial charge is 0.312 e. The number of likely N-dealkylation sites (tertiary alicyclic amines) is 1. The predicted molar refractivity (Wildman–Crippen MR) is 74.1 cm³/mol. The largest absolute Gasteiger partial charge is 0.481 e. The molecule has 0 aromatic heterocycles. The van der Waals surface area contributed by atoms with E-state index >= 15 is 0 Å². The van der Waals surface area contributed by atoms with Crippen molar-refractivity contribution in [1.29, 1.82) is 0 Å². The van der Waals surface area contributed by atoms with Crippen molar-refractivity contribution in [2.45, 2.75) is 25.2 Å². The fraction of sp³-hybridized carbons (Fsp3) is 0.562. The highest BCUT2D eigenvalue weighted by molar-refractivity contribution is 5.76. The van der Waals surface area contributed by atoms with Gasteiger partial charge in [-0.3, -0.25) is 4.79 Å². The van der Waals surface area contributed by atoms with Gasteiger partial charge in [0.2, 0.25) is 0 Å². The van der Waals surface area contributed by atoms with E-state index in [9.17, 15) is 9.90 Å². The molecular formula is C16H21NO2. The summed E-state index contributed by atoms with van der Waals surface area (Å²) in [7, 11) is 0. The highest BCUT2D eigenvalue weighted by atomic mass is 16.4. The van der Waals surface area contributed by atoms with Crippen molar-refractivity contribution in [3.05, 3.63) is 35.9 Å². The number of fused-ring (bicyclic) bond motifs is 1. The number of carbonyl (C=O) groups is 1. The fourth-order valence-electron chi connectivity index (χ4n) is 3.75. The zero-order chi connectivity index (χ0) is 13.2. The summed E-state index contributed by atoms with van der Waals surface area (Å²) >= 11 is 0. The standard InChI is InChI=1S/C16H21NO2/c18-16(19)15(12-5-2-1-3-6-12)11-17-9-13-7-4-8-14(13)10-17/h1-3,5-6,13-15H,4,7-11H2,(H,18,19). The summed E-state index contributed by atoms with van der Waals surface area (Å²) in [4.78, 5) is 13.9. The van der Waals surface area contributed by atoms with E-state index in [1.165, 1.54) is 19.3 Å². The Bertz CT molecular complexity index is 433. The summed E-state index contributed by atoms with van der Waals surface area (Å²) in [6.45, 7) is 2.86. The number of rotatable bonds is 4. The maximum absolute atomic E-state index is 11.5. The topological polar surface area (TPSA) is 40.5 Å². The van der Waals surface area contributed by atoms with E-state index in [1.54, 1.807) is 0 Å². The van der Waals surface area contributed by atoms with Gasteiger partial charge >= 0.3 is 5.97 Å². The predicted octanol–water partition coefficient (Wildman–Crippen LogP) is 2.59. The molecule has 1 N–H and O–H groups in total. The van der Waals surface area contributed by atoms with Crippen LogP contribution in [0.15, 0.2) is 30.3 Å². The second-order valence-corrected chi connectivity index (χ2v) is 5.97. The third kappa shape index (κ3) is 2.66. The number of hydrogen-bond acceptors (Lipinski definition) is 2. The lowest BCUT2D eigenvalue weighted by atomic mass is 9.99. The van der Waals surface area contributed by atoms with E-state index in [0.29, 0.717) is 6.54 Å². The van der Waals surface area contributed by atoms with Crippen LogP contribution in [0.3, 0.4) is 0 Å². The molecule has 1 aromatic carbocycles. The SMILES string of the molecule is O=C(O)C(CN1CC2CCCC2C1)c1ccccc1. The molecule has 19 heavy (non-hydrogen) atoms. The molecule has 3 heteroatoms. The molecule has 102 valence electrons. The average molecular weight is 259 g/mol. The van der Waals surface area contributed by atoms with E-state index in [-0.39, 0.29) is 5.92 Å². The number of benzene rings is 1. The Balaban J connectivity index is 1.68. The van der Waals surface area contributed by atoms with E-state index in [0.717, 1.165) is 30.5 Å². The number of nitrogens with zero attached hydrogens (tertiary/aromatic N) is 1. The van der Waals surface area contributed by atoms with E-state index in [1.807, 2.05) is 30.3 Å². The van der Waals surface area contributed by atoms with Crippen molar-refractivity contribution in [3.63, 3.8) is 0 Å². The van der Waals surface area contributed by atoms with Crippen LogP contribution in [0, 0.1) is 11.8 Å². The van der Waals surface area contributed by atoms with Crippen LogP contribution in [0.25, 0.3) is 0 Å². The van der Waals surface area contributed by atoms with Crippen molar-refractivity contribution < 1.29 is 9.90 Å². The fourth-order valence-corrected chi connectivity index (χ4v) is 3.75. The second kappa shape index (κ2) is 5.33. The van der Waals surface area contributed by atoms with Crippen molar-refractivity contribution in [1.82, 2.24) is 4.90 Å². The third-order valence-electron chi connectivity index (χ3n) is 4.74. The van der Waals surface area contributed by atoms with Crippen LogP contribution >= 0.6 is 0 Å². The lowest BCUT2D eigenvalue weighted by molar-refractivity contribution is -0.139. The maximum atomic E-state index is 11.5. The monoisotopic (exact) mass is 259 g/mol. The van der Waals surface area contributed by atoms with Gasteiger partial charge in [-0.15, -0.1) is 0 Å². The highest BCUT2D eigenvalue weighted by Crippen LogP contribution is 2.38. The Labute approximate surface area is 114 Å². The molecule has 1 saturated carbocycles. The molecule has 1 heterocycles. The number of hydrogen-bond donors (Lipinski definition) is 1. The molecule has 0 amide bonds. The zero-order valence-corrected chi connectivity index (χ0v) is 11.2. The number of aliphatic carboxylic acids is 1. The molecule has 0 radical (unpaired) electrons. The first-order valence-electron chi connectivity index (χ1n) is 7.24. The molecule has 1 aromatic rings. The Kier molecular flexibility index (Phi) is 3.56. The van der Waals surface area contributed by atoms with Gasteiger partial charge in [-0.25, -0.2) is 0 Å². The summed E-state index contributed by atoms with van der Waals surface area (Å²) in [5.74, 6) is 0.554. The van der Waals surface area contributed by atoms with Gasteiger partial charge in [0.05, 0.1) is 5.92 Å². The molecule has 1 aliphatic carbocycles. The normalized spacial score (nSPS) is 28.2. The summed E-state index contributed by atoms with van der Waals surface area (Å²) in [5.41, 5.74) is 0.923. The van der Waals surface area contributed by atoms with Crippen LogP contribution in [-0.2, 0) is 4.79 Å². The first kappa shape index (κ1) is 12.7. The first-order chi connectivity index (χ1) is 9.24. The molecule has 1 saturated heterocycles. The van der Waals surface area contributed by atoms with Crippen LogP contribution in [0.1, 0.15) is 30.7 Å². The molecule has 2 aliphatic rings. The maximum Gasteiger partial charge on any atom is 0.312 e. The van der Waals surface area contributed by atoms with Crippen LogP contribution in [0.2, 0.25) is 0 Å². The minimum atomic E-state index is -0.705. The third-order valence-corrected chi connectivity index (χ3v) is 4.74. The summed E-state index contributed by atoms with van der Waals surface area (Å²) in [5, 5.41) is 9.46. The van der Waals surface area contributed by atoms with Gasteiger partial charge in [0.15, 0.2) is 0 Å². The summed E-state index contributed by atoms with van der Waals surface area (Å²) in [6.07, 6.45) is 4.04. The first-order valence-corrected chi connectivity index (χ1v) is 7.24. The second-order valence-electron chi connectivity index (χ2n) is 5.97. The molecule has 3 nitrogen and oxygen atoms in total. The van der Waals surface area contributed by atoms with Crippen LogP contribution in [0.5, 0.6) is 0 Å². The molecule has 0 bridgehead atoms. The van der Waals surface area contributed by atoms with Crippen LogP contribution < -0.4 is 0 Å². The van der Waals surface area contributed by atoms with Crippen LogP contribution in [0.4, 0.5) is 0 Å². The van der Waals surface area contributed by atoms with Gasteiger partial charge in [0, 0.05) is 19.6 Å². The number of carboxylic acid groups (broad SMARTS) is 1. The molecular weight excluding hydrogens is 238 g/mol. The van der Waals surface area contributed by atoms with Crippen LogP contribution in [-0.4, -0.2) is 35.6 Å². The van der Waals surface area contributed by atoms with Crippen molar-refractivity contribution in [2.75, 3.05) is 19.6 Å². The highest BCUT2D eigenvalue weighted by Gasteiger charge is 2.37. The Hall–Kier alpha value is -1.35. The molecule has 3 rings (SSSR count). The quantitative estimate of drug-likeness (QED) is 0.903. The van der Waals surface area contributed by atoms with E-state index < -0.39 is 5.97 Å². The average Bonchev–Trinajstić information content (AvgIpc) is 2.97. The zero-order valence-electron chi connectivity index (χ0n) is 11.2. The van der Waals surface area contributed by atoms with Gasteiger partial charge in [-0.1, -0.05) is 36.8 Å². The molecule has 3 atom stereocenters. The Morgan fingerprint density at radius 1 is 1.21 bits per heavy atom. The van der Waals surface area contributed by atoms with Gasteiger partial charge in [0.1, 0.15) is 0 Å².